The van der Waals surface area contributed by atoms with Crippen molar-refractivity contribution in [2.75, 3.05) is 26.0 Å². The predicted octanol–water partition coefficient (Wildman–Crippen LogP) is 1.47. The highest BCUT2D eigenvalue weighted by atomic mass is 32.1. The van der Waals surface area contributed by atoms with Crippen molar-refractivity contribution in [1.29, 1.82) is 0 Å². The van der Waals surface area contributed by atoms with Gasteiger partial charge in [-0.25, -0.2) is 0 Å². The van der Waals surface area contributed by atoms with Gasteiger partial charge >= 0.3 is 0 Å². The van der Waals surface area contributed by atoms with Crippen LogP contribution in [-0.2, 0) is 6.54 Å². The van der Waals surface area contributed by atoms with E-state index in [1.54, 1.807) is 7.11 Å². The molecule has 0 saturated carbocycles. The van der Waals surface area contributed by atoms with Crippen LogP contribution in [0.1, 0.15) is 17.2 Å². The van der Waals surface area contributed by atoms with Crippen LogP contribution in [0.25, 0.3) is 0 Å². The van der Waals surface area contributed by atoms with Crippen LogP contribution in [0.15, 0.2) is 18.2 Å². The molecule has 1 atom stereocenters. The molecule has 0 bridgehead atoms. The molecule has 1 N–H and O–H groups in total. The van der Waals surface area contributed by atoms with Gasteiger partial charge in [-0.15, -0.1) is 0 Å². The number of aliphatic hydroxyl groups is 1. The van der Waals surface area contributed by atoms with Gasteiger partial charge in [-0.3, -0.25) is 4.90 Å². The second kappa shape index (κ2) is 5.08. The molecule has 1 aromatic rings. The highest BCUT2D eigenvalue weighted by Crippen LogP contribution is 2.29. The molecular weight excluding hydrogens is 222 g/mol. The Balaban J connectivity index is 2.23. The third-order valence-electron chi connectivity index (χ3n) is 2.95. The second-order valence-corrected chi connectivity index (χ2v) is 4.49. The van der Waals surface area contributed by atoms with E-state index in [1.165, 1.54) is 5.56 Å². The van der Waals surface area contributed by atoms with Crippen molar-refractivity contribution in [2.24, 2.45) is 0 Å². The minimum absolute atomic E-state index is 0.418. The Morgan fingerprint density at radius 2 is 2.38 bits per heavy atom. The molecule has 1 aromatic carbocycles. The molecule has 16 heavy (non-hydrogen) atoms. The number of fused-ring (bicyclic) bond motifs is 1. The van der Waals surface area contributed by atoms with Crippen LogP contribution in [0.5, 0.6) is 5.75 Å². The molecule has 3 nitrogen and oxygen atoms in total. The van der Waals surface area contributed by atoms with E-state index in [0.29, 0.717) is 6.54 Å². The van der Waals surface area contributed by atoms with Gasteiger partial charge in [0.05, 0.1) is 13.2 Å². The molecule has 0 fully saturated rings. The van der Waals surface area contributed by atoms with Crippen LogP contribution in [0.4, 0.5) is 0 Å². The predicted molar refractivity (Wildman–Crippen MR) is 67.1 cm³/mol. The summed E-state index contributed by atoms with van der Waals surface area (Å²) in [5, 5.41) is 10.1. The van der Waals surface area contributed by atoms with Crippen molar-refractivity contribution >= 4 is 12.6 Å². The minimum Gasteiger partial charge on any atom is -0.497 e. The van der Waals surface area contributed by atoms with E-state index in [1.807, 2.05) is 18.2 Å². The van der Waals surface area contributed by atoms with E-state index in [-0.39, 0.29) is 0 Å². The monoisotopic (exact) mass is 239 g/mol. The number of benzene rings is 1. The zero-order chi connectivity index (χ0) is 11.5. The average Bonchev–Trinajstić information content (AvgIpc) is 2.29. The zero-order valence-electron chi connectivity index (χ0n) is 9.39. The van der Waals surface area contributed by atoms with Crippen LogP contribution < -0.4 is 4.74 Å². The molecule has 1 unspecified atom stereocenters. The summed E-state index contributed by atoms with van der Waals surface area (Å²) in [5.74, 6) is 1.62. The Morgan fingerprint density at radius 1 is 1.56 bits per heavy atom. The minimum atomic E-state index is -0.418. The molecule has 0 spiro atoms. The smallest absolute Gasteiger partial charge is 0.119 e. The molecule has 1 heterocycles. The number of β-amino-alcohol motifs (C(OH)–C–C–N with tert-alkyl or cyclic N) is 1. The van der Waals surface area contributed by atoms with Gasteiger partial charge in [-0.1, -0.05) is 6.07 Å². The quantitative estimate of drug-likeness (QED) is 0.784. The highest BCUT2D eigenvalue weighted by molar-refractivity contribution is 7.80. The Morgan fingerprint density at radius 3 is 3.06 bits per heavy atom. The molecule has 4 heteroatoms. The topological polar surface area (TPSA) is 32.7 Å². The Bertz CT molecular complexity index is 370. The van der Waals surface area contributed by atoms with Crippen molar-refractivity contribution in [2.45, 2.75) is 12.6 Å². The van der Waals surface area contributed by atoms with Crippen molar-refractivity contribution in [1.82, 2.24) is 4.90 Å². The van der Waals surface area contributed by atoms with E-state index >= 15 is 0 Å². The third-order valence-corrected chi connectivity index (χ3v) is 3.15. The maximum Gasteiger partial charge on any atom is 0.119 e. The lowest BCUT2D eigenvalue weighted by molar-refractivity contribution is 0.0962. The van der Waals surface area contributed by atoms with Crippen molar-refractivity contribution in [3.05, 3.63) is 29.3 Å². The maximum atomic E-state index is 10.1. The molecular formula is C12H17NO2S. The van der Waals surface area contributed by atoms with Gasteiger partial charge in [0.1, 0.15) is 5.75 Å². The maximum absolute atomic E-state index is 10.1. The van der Waals surface area contributed by atoms with Gasteiger partial charge in [-0.2, -0.15) is 12.6 Å². The third kappa shape index (κ3) is 2.34. The normalized spacial score (nSPS) is 20.6. The molecule has 0 saturated heterocycles. The van der Waals surface area contributed by atoms with Crippen LogP contribution in [0.3, 0.4) is 0 Å². The first-order valence-corrected chi connectivity index (χ1v) is 6.06. The summed E-state index contributed by atoms with van der Waals surface area (Å²) in [5.41, 5.74) is 2.18. The van der Waals surface area contributed by atoms with Gasteiger partial charge in [0.15, 0.2) is 0 Å². The molecule has 88 valence electrons. The standard InChI is InChI=1S/C12H17NO2S/c1-15-10-3-2-9-7-13(4-5-16)8-12(14)11(9)6-10/h2-3,6,12,14,16H,4-5,7-8H2,1H3. The number of rotatable bonds is 3. The number of methoxy groups -OCH3 is 1. The van der Waals surface area contributed by atoms with Crippen molar-refractivity contribution in [3.8, 4) is 5.75 Å². The van der Waals surface area contributed by atoms with Gasteiger partial charge < -0.3 is 9.84 Å². The summed E-state index contributed by atoms with van der Waals surface area (Å²) in [6, 6.07) is 5.90. The van der Waals surface area contributed by atoms with Crippen molar-refractivity contribution < 1.29 is 9.84 Å². The number of hydrogen-bond donors (Lipinski definition) is 2. The summed E-state index contributed by atoms with van der Waals surface area (Å²) < 4.78 is 5.17. The fraction of sp³-hybridized carbons (Fsp3) is 0.500. The summed E-state index contributed by atoms with van der Waals surface area (Å²) in [6.07, 6.45) is -0.418. The summed E-state index contributed by atoms with van der Waals surface area (Å²) >= 11 is 4.22. The molecule has 0 aliphatic carbocycles. The van der Waals surface area contributed by atoms with Gasteiger partial charge in [0.25, 0.3) is 0 Å². The van der Waals surface area contributed by atoms with E-state index in [4.69, 9.17) is 4.74 Å². The number of hydrogen-bond acceptors (Lipinski definition) is 4. The molecule has 0 radical (unpaired) electrons. The first kappa shape index (κ1) is 11.8. The van der Waals surface area contributed by atoms with Gasteiger partial charge in [0.2, 0.25) is 0 Å². The lowest BCUT2D eigenvalue weighted by Gasteiger charge is -2.31. The van der Waals surface area contributed by atoms with Gasteiger partial charge in [-0.05, 0) is 23.3 Å². The molecule has 2 rings (SSSR count). The second-order valence-electron chi connectivity index (χ2n) is 4.04. The number of aliphatic hydroxyl groups excluding tert-OH is 1. The molecule has 0 amide bonds. The average molecular weight is 239 g/mol. The summed E-state index contributed by atoms with van der Waals surface area (Å²) in [4.78, 5) is 2.21. The fourth-order valence-electron chi connectivity index (χ4n) is 2.11. The van der Waals surface area contributed by atoms with Crippen LogP contribution in [0, 0.1) is 0 Å². The molecule has 1 aliphatic rings. The van der Waals surface area contributed by atoms with Gasteiger partial charge in [0, 0.05) is 25.4 Å². The van der Waals surface area contributed by atoms with E-state index < -0.39 is 6.10 Å². The Hall–Kier alpha value is -0.710. The molecule has 1 aliphatic heterocycles. The fourth-order valence-corrected chi connectivity index (χ4v) is 2.40. The summed E-state index contributed by atoms with van der Waals surface area (Å²) in [7, 11) is 1.64. The van der Waals surface area contributed by atoms with Crippen LogP contribution in [0.2, 0.25) is 0 Å². The number of ether oxygens (including phenoxy) is 1. The number of thiol groups is 1. The highest BCUT2D eigenvalue weighted by Gasteiger charge is 2.23. The largest absolute Gasteiger partial charge is 0.497 e. The van der Waals surface area contributed by atoms with Crippen molar-refractivity contribution in [3.63, 3.8) is 0 Å². The van der Waals surface area contributed by atoms with E-state index in [0.717, 1.165) is 30.2 Å². The lowest BCUT2D eigenvalue weighted by Crippen LogP contribution is -2.34. The Kier molecular flexibility index (Phi) is 3.74. The zero-order valence-corrected chi connectivity index (χ0v) is 10.3. The first-order valence-electron chi connectivity index (χ1n) is 5.42. The van der Waals surface area contributed by atoms with E-state index in [2.05, 4.69) is 17.5 Å². The van der Waals surface area contributed by atoms with E-state index in [9.17, 15) is 5.11 Å². The SMILES string of the molecule is COc1ccc2c(c1)C(O)CN(CCS)C2. The van der Waals surface area contributed by atoms with Crippen LogP contribution in [-0.4, -0.2) is 36.0 Å². The molecule has 0 aromatic heterocycles. The Labute approximate surface area is 101 Å². The first-order chi connectivity index (χ1) is 7.74. The number of nitrogens with zero attached hydrogens (tertiary/aromatic N) is 1. The van der Waals surface area contributed by atoms with Crippen LogP contribution >= 0.6 is 12.6 Å². The lowest BCUT2D eigenvalue weighted by atomic mass is 9.97. The summed E-state index contributed by atoms with van der Waals surface area (Å²) in [6.45, 7) is 2.48.